The normalized spacial score (nSPS) is 13.8. The molecule has 0 radical (unpaired) electrons. The van der Waals surface area contributed by atoms with Crippen molar-refractivity contribution in [1.29, 1.82) is 5.41 Å². The molecule has 1 saturated carbocycles. The van der Waals surface area contributed by atoms with Gasteiger partial charge in [-0.25, -0.2) is 8.78 Å². The van der Waals surface area contributed by atoms with Gasteiger partial charge in [-0.3, -0.25) is 4.79 Å². The first-order chi connectivity index (χ1) is 11.9. The lowest BCUT2D eigenvalue weighted by Gasteiger charge is -2.10. The predicted octanol–water partition coefficient (Wildman–Crippen LogP) is 3.52. The van der Waals surface area contributed by atoms with Crippen LogP contribution in [0.3, 0.4) is 0 Å². The molecule has 1 fully saturated rings. The lowest BCUT2D eigenvalue weighted by atomic mass is 10.0. The minimum atomic E-state index is -0.738. The van der Waals surface area contributed by atoms with Crippen molar-refractivity contribution < 1.29 is 13.6 Å². The molecule has 2 aromatic rings. The van der Waals surface area contributed by atoms with Gasteiger partial charge in [0, 0.05) is 17.2 Å². The van der Waals surface area contributed by atoms with Crippen molar-refractivity contribution in [3.05, 3.63) is 70.8 Å². The summed E-state index contributed by atoms with van der Waals surface area (Å²) in [6.07, 6.45) is 4.87. The van der Waals surface area contributed by atoms with Gasteiger partial charge in [0.15, 0.2) is 0 Å². The second-order valence-electron chi connectivity index (χ2n) is 5.97. The molecule has 0 aromatic heterocycles. The monoisotopic (exact) mass is 341 g/mol. The van der Waals surface area contributed by atoms with Gasteiger partial charge in [0.1, 0.15) is 11.6 Å². The van der Waals surface area contributed by atoms with Crippen LogP contribution in [0, 0.1) is 17.0 Å². The maximum Gasteiger partial charge on any atom is 0.251 e. The molecule has 6 heteroatoms. The number of hydrogen-bond acceptors (Lipinski definition) is 3. The van der Waals surface area contributed by atoms with Gasteiger partial charge in [-0.15, -0.1) is 0 Å². The van der Waals surface area contributed by atoms with Crippen molar-refractivity contribution in [3.8, 4) is 0 Å². The van der Waals surface area contributed by atoms with Crippen LogP contribution in [0.2, 0.25) is 0 Å². The van der Waals surface area contributed by atoms with Gasteiger partial charge in [0.05, 0.1) is 11.4 Å². The number of amides is 1. The molecule has 1 aliphatic carbocycles. The third-order valence-corrected chi connectivity index (χ3v) is 3.91. The molecule has 128 valence electrons. The Bertz CT molecular complexity index is 856. The summed E-state index contributed by atoms with van der Waals surface area (Å²) in [5.74, 6) is -1.47. The highest BCUT2D eigenvalue weighted by Crippen LogP contribution is 2.23. The molecule has 3 rings (SSSR count). The number of carbonyl (C=O) groups is 1. The fourth-order valence-corrected chi connectivity index (χ4v) is 2.31. The van der Waals surface area contributed by atoms with Gasteiger partial charge >= 0.3 is 0 Å². The molecular weight excluding hydrogens is 324 g/mol. The summed E-state index contributed by atoms with van der Waals surface area (Å²) in [6, 6.07) is 8.36. The molecule has 4 N–H and O–H groups in total. The number of benzene rings is 2. The summed E-state index contributed by atoms with van der Waals surface area (Å²) in [6.45, 7) is 0. The van der Waals surface area contributed by atoms with Crippen LogP contribution in [0.1, 0.15) is 34.3 Å². The van der Waals surface area contributed by atoms with Crippen LogP contribution in [0.15, 0.2) is 42.5 Å². The Morgan fingerprint density at radius 2 is 1.88 bits per heavy atom. The van der Waals surface area contributed by atoms with E-state index < -0.39 is 5.82 Å². The average molecular weight is 341 g/mol. The van der Waals surface area contributed by atoms with Crippen molar-refractivity contribution in [2.24, 2.45) is 0 Å². The topological polar surface area (TPSA) is 79.0 Å². The van der Waals surface area contributed by atoms with Gasteiger partial charge in [-0.05, 0) is 48.7 Å². The highest BCUT2D eigenvalue weighted by molar-refractivity contribution is 6.13. The SMILES string of the molecule is N=C(/C=C/c1ccc(F)cc1)c1cc(C(=O)NC2CC2)cc(F)c1N. The molecule has 4 nitrogen and oxygen atoms in total. The van der Waals surface area contributed by atoms with E-state index in [1.165, 1.54) is 24.3 Å². The molecule has 0 spiro atoms. The van der Waals surface area contributed by atoms with Crippen LogP contribution in [0.25, 0.3) is 6.08 Å². The Hall–Kier alpha value is -3.02. The first-order valence-corrected chi connectivity index (χ1v) is 7.86. The molecule has 0 aliphatic heterocycles. The highest BCUT2D eigenvalue weighted by atomic mass is 19.1. The number of rotatable bonds is 5. The first-order valence-electron chi connectivity index (χ1n) is 7.86. The van der Waals surface area contributed by atoms with E-state index in [4.69, 9.17) is 11.1 Å². The number of anilines is 1. The zero-order valence-electron chi connectivity index (χ0n) is 13.4. The summed E-state index contributed by atoms with van der Waals surface area (Å²) in [7, 11) is 0. The molecule has 0 bridgehead atoms. The van der Waals surface area contributed by atoms with Gasteiger partial charge < -0.3 is 16.5 Å². The quantitative estimate of drug-likeness (QED) is 0.575. The largest absolute Gasteiger partial charge is 0.396 e. The van der Waals surface area contributed by atoms with E-state index in [-0.39, 0.29) is 40.3 Å². The Morgan fingerprint density at radius 3 is 2.52 bits per heavy atom. The standard InChI is InChI=1S/C19H17F2N3O/c20-13-4-1-11(2-5-13)3-8-17(22)15-9-12(10-16(21)18(15)23)19(25)24-14-6-7-14/h1-5,8-10,14,22H,6-7,23H2,(H,24,25)/b8-3+,22-17?. The molecule has 25 heavy (non-hydrogen) atoms. The van der Waals surface area contributed by atoms with E-state index in [0.29, 0.717) is 5.56 Å². The lowest BCUT2D eigenvalue weighted by molar-refractivity contribution is 0.0950. The van der Waals surface area contributed by atoms with E-state index in [0.717, 1.165) is 18.9 Å². The van der Waals surface area contributed by atoms with Crippen LogP contribution < -0.4 is 11.1 Å². The molecule has 0 atom stereocenters. The lowest BCUT2D eigenvalue weighted by Crippen LogP contribution is -2.26. The van der Waals surface area contributed by atoms with E-state index >= 15 is 0 Å². The van der Waals surface area contributed by atoms with Crippen molar-refractivity contribution >= 4 is 23.4 Å². The Balaban J connectivity index is 1.84. The summed E-state index contributed by atoms with van der Waals surface area (Å²) in [5.41, 5.74) is 6.46. The number of allylic oxidation sites excluding steroid dienone is 1. The molecule has 1 amide bonds. The van der Waals surface area contributed by atoms with Gasteiger partial charge in [-0.2, -0.15) is 0 Å². The highest BCUT2D eigenvalue weighted by Gasteiger charge is 2.24. The van der Waals surface area contributed by atoms with E-state index in [9.17, 15) is 13.6 Å². The number of nitrogen functional groups attached to an aromatic ring is 1. The van der Waals surface area contributed by atoms with Gasteiger partial charge in [0.25, 0.3) is 5.91 Å². The second-order valence-corrected chi connectivity index (χ2v) is 5.97. The number of nitrogens with one attached hydrogen (secondary N) is 2. The predicted molar refractivity (Wildman–Crippen MR) is 93.6 cm³/mol. The summed E-state index contributed by atoms with van der Waals surface area (Å²) in [5, 5.41) is 10.9. The Kier molecular flexibility index (Phi) is 4.61. The van der Waals surface area contributed by atoms with Crippen molar-refractivity contribution in [1.82, 2.24) is 5.32 Å². The number of hydrogen-bond donors (Lipinski definition) is 3. The molecular formula is C19H17F2N3O. The second kappa shape index (κ2) is 6.84. The van der Waals surface area contributed by atoms with Crippen molar-refractivity contribution in [3.63, 3.8) is 0 Å². The number of carbonyl (C=O) groups excluding carboxylic acids is 1. The van der Waals surface area contributed by atoms with Crippen molar-refractivity contribution in [2.75, 3.05) is 5.73 Å². The molecule has 1 aliphatic rings. The minimum Gasteiger partial charge on any atom is -0.396 e. The van der Waals surface area contributed by atoms with E-state index in [1.54, 1.807) is 18.2 Å². The molecule has 0 heterocycles. The number of nitrogens with two attached hydrogens (primary N) is 1. The van der Waals surface area contributed by atoms with Crippen LogP contribution in [-0.2, 0) is 0 Å². The maximum absolute atomic E-state index is 14.1. The smallest absolute Gasteiger partial charge is 0.251 e. The fourth-order valence-electron chi connectivity index (χ4n) is 2.31. The van der Waals surface area contributed by atoms with Crippen LogP contribution in [0.5, 0.6) is 0 Å². The fraction of sp³-hybridized carbons (Fsp3) is 0.158. The van der Waals surface area contributed by atoms with Crippen LogP contribution in [-0.4, -0.2) is 17.7 Å². The van der Waals surface area contributed by atoms with Gasteiger partial charge in [0.2, 0.25) is 0 Å². The third-order valence-electron chi connectivity index (χ3n) is 3.91. The third kappa shape index (κ3) is 4.09. The van der Waals surface area contributed by atoms with Gasteiger partial charge in [-0.1, -0.05) is 18.2 Å². The van der Waals surface area contributed by atoms with Crippen molar-refractivity contribution in [2.45, 2.75) is 18.9 Å². The molecule has 0 unspecified atom stereocenters. The van der Waals surface area contributed by atoms with Crippen LogP contribution in [0.4, 0.5) is 14.5 Å². The average Bonchev–Trinajstić information content (AvgIpc) is 3.40. The number of halogens is 2. The first kappa shape index (κ1) is 16.8. The maximum atomic E-state index is 14.1. The minimum absolute atomic E-state index is 0.0400. The zero-order chi connectivity index (χ0) is 18.0. The molecule has 2 aromatic carbocycles. The summed E-state index contributed by atoms with van der Waals surface area (Å²) in [4.78, 5) is 12.1. The van der Waals surface area contributed by atoms with E-state index in [1.807, 2.05) is 0 Å². The Morgan fingerprint density at radius 1 is 1.20 bits per heavy atom. The molecule has 0 saturated heterocycles. The Labute approximate surface area is 143 Å². The summed E-state index contributed by atoms with van der Waals surface area (Å²) >= 11 is 0. The zero-order valence-corrected chi connectivity index (χ0v) is 13.4. The summed E-state index contributed by atoms with van der Waals surface area (Å²) < 4.78 is 27.0. The van der Waals surface area contributed by atoms with Crippen LogP contribution >= 0.6 is 0 Å². The van der Waals surface area contributed by atoms with E-state index in [2.05, 4.69) is 5.32 Å².